The monoisotopic (exact) mass is 361 g/mol. The maximum atomic E-state index is 5.66. The predicted octanol–water partition coefficient (Wildman–Crippen LogP) is 3.48. The summed E-state index contributed by atoms with van der Waals surface area (Å²) in [6.07, 6.45) is 3.96. The molecule has 5 nitrogen and oxygen atoms in total. The van der Waals surface area contributed by atoms with Crippen LogP contribution < -0.4 is 10.6 Å². The van der Waals surface area contributed by atoms with Gasteiger partial charge < -0.3 is 20.1 Å². The molecule has 0 bridgehead atoms. The van der Waals surface area contributed by atoms with Crippen molar-refractivity contribution in [3.63, 3.8) is 0 Å². The third-order valence-electron chi connectivity index (χ3n) is 4.18. The van der Waals surface area contributed by atoms with Crippen molar-refractivity contribution in [2.24, 2.45) is 10.9 Å². The summed E-state index contributed by atoms with van der Waals surface area (Å²) in [5.41, 5.74) is 2.39. The second-order valence-corrected chi connectivity index (χ2v) is 7.17. The van der Waals surface area contributed by atoms with Gasteiger partial charge in [-0.25, -0.2) is 4.99 Å². The van der Waals surface area contributed by atoms with Gasteiger partial charge in [0.25, 0.3) is 0 Å². The molecule has 0 spiro atoms. The molecule has 1 saturated carbocycles. The molecule has 1 aliphatic carbocycles. The molecule has 0 heterocycles. The first kappa shape index (κ1) is 20.7. The van der Waals surface area contributed by atoms with Crippen molar-refractivity contribution in [2.45, 2.75) is 59.3 Å². The molecule has 26 heavy (non-hydrogen) atoms. The predicted molar refractivity (Wildman–Crippen MR) is 107 cm³/mol. The number of ether oxygens (including phenoxy) is 2. The lowest BCUT2D eigenvalue weighted by molar-refractivity contribution is 0.0657. The van der Waals surface area contributed by atoms with Gasteiger partial charge in [0, 0.05) is 26.3 Å². The van der Waals surface area contributed by atoms with Crippen molar-refractivity contribution < 1.29 is 9.47 Å². The zero-order valence-corrected chi connectivity index (χ0v) is 16.6. The van der Waals surface area contributed by atoms with E-state index in [9.17, 15) is 0 Å². The second-order valence-electron chi connectivity index (χ2n) is 7.17. The molecule has 1 fully saturated rings. The molecule has 1 aromatic rings. The zero-order valence-electron chi connectivity index (χ0n) is 16.6. The molecule has 0 aliphatic heterocycles. The minimum Gasteiger partial charge on any atom is -0.381 e. The quantitative estimate of drug-likeness (QED) is 0.340. The molecule has 146 valence electrons. The minimum atomic E-state index is 0.257. The fourth-order valence-corrected chi connectivity index (χ4v) is 2.43. The Labute approximate surface area is 158 Å². The Bertz CT molecular complexity index is 525. The fraction of sp³-hybridized carbons (Fsp3) is 0.667. The molecule has 2 rings (SSSR count). The van der Waals surface area contributed by atoms with E-state index in [-0.39, 0.29) is 6.10 Å². The molecule has 2 N–H and O–H groups in total. The first-order valence-electron chi connectivity index (χ1n) is 9.96. The molecule has 0 atom stereocenters. The third-order valence-corrected chi connectivity index (χ3v) is 4.18. The van der Waals surface area contributed by atoms with Crippen LogP contribution >= 0.6 is 0 Å². The largest absolute Gasteiger partial charge is 0.381 e. The van der Waals surface area contributed by atoms with E-state index in [1.807, 2.05) is 0 Å². The van der Waals surface area contributed by atoms with Crippen molar-refractivity contribution in [1.29, 1.82) is 0 Å². The standard InChI is InChI=1S/C21H35N3O2/c1-4-22-21(23-12-5-13-25-15-19-10-11-19)24-14-18-6-8-20(9-7-18)16-26-17(2)3/h6-9,17,19H,4-5,10-16H2,1-3H3,(H2,22,23,24). The van der Waals surface area contributed by atoms with Crippen LogP contribution in [-0.2, 0) is 22.6 Å². The molecule has 1 aliphatic rings. The number of hydrogen-bond donors (Lipinski definition) is 2. The molecule has 0 saturated heterocycles. The topological polar surface area (TPSA) is 54.9 Å². The van der Waals surface area contributed by atoms with E-state index < -0.39 is 0 Å². The van der Waals surface area contributed by atoms with Gasteiger partial charge in [0.15, 0.2) is 5.96 Å². The van der Waals surface area contributed by atoms with Gasteiger partial charge in [-0.1, -0.05) is 24.3 Å². The Morgan fingerprint density at radius 1 is 1.15 bits per heavy atom. The van der Waals surface area contributed by atoms with Crippen molar-refractivity contribution in [1.82, 2.24) is 10.6 Å². The molecule has 1 aromatic carbocycles. The Hall–Kier alpha value is -1.59. The summed E-state index contributed by atoms with van der Waals surface area (Å²) in [4.78, 5) is 4.67. The Balaban J connectivity index is 1.68. The summed E-state index contributed by atoms with van der Waals surface area (Å²) in [5, 5.41) is 6.67. The normalized spacial score (nSPS) is 14.7. The van der Waals surface area contributed by atoms with Gasteiger partial charge in [-0.2, -0.15) is 0 Å². The number of nitrogens with one attached hydrogen (secondary N) is 2. The maximum Gasteiger partial charge on any atom is 0.191 e. The number of guanidine groups is 1. The molecule has 0 amide bonds. The summed E-state index contributed by atoms with van der Waals surface area (Å²) in [7, 11) is 0. The van der Waals surface area contributed by atoms with Gasteiger partial charge in [0.2, 0.25) is 0 Å². The average molecular weight is 362 g/mol. The van der Waals surface area contributed by atoms with Crippen LogP contribution in [0.2, 0.25) is 0 Å². The second kappa shape index (κ2) is 11.9. The SMILES string of the molecule is CCNC(=NCc1ccc(COC(C)C)cc1)NCCCOCC1CC1. The number of aliphatic imine (C=N–C) groups is 1. The minimum absolute atomic E-state index is 0.257. The smallest absolute Gasteiger partial charge is 0.191 e. The van der Waals surface area contributed by atoms with E-state index in [0.29, 0.717) is 13.2 Å². The van der Waals surface area contributed by atoms with Crippen molar-refractivity contribution >= 4 is 5.96 Å². The maximum absolute atomic E-state index is 5.66. The van der Waals surface area contributed by atoms with Crippen molar-refractivity contribution in [3.05, 3.63) is 35.4 Å². The zero-order chi connectivity index (χ0) is 18.6. The van der Waals surface area contributed by atoms with Crippen LogP contribution in [-0.4, -0.2) is 38.4 Å². The molecule has 0 radical (unpaired) electrons. The summed E-state index contributed by atoms with van der Waals surface area (Å²) in [6, 6.07) is 8.48. The van der Waals surface area contributed by atoms with Gasteiger partial charge >= 0.3 is 0 Å². The van der Waals surface area contributed by atoms with Crippen LogP contribution in [0.15, 0.2) is 29.3 Å². The third kappa shape index (κ3) is 9.20. The lowest BCUT2D eigenvalue weighted by atomic mass is 10.1. The van der Waals surface area contributed by atoms with Crippen molar-refractivity contribution in [2.75, 3.05) is 26.3 Å². The number of benzene rings is 1. The first-order chi connectivity index (χ1) is 12.7. The van der Waals surface area contributed by atoms with Crippen LogP contribution in [0, 0.1) is 5.92 Å². The Morgan fingerprint density at radius 3 is 2.54 bits per heavy atom. The molecule has 0 aromatic heterocycles. The highest BCUT2D eigenvalue weighted by atomic mass is 16.5. The average Bonchev–Trinajstić information content (AvgIpc) is 3.46. The summed E-state index contributed by atoms with van der Waals surface area (Å²) < 4.78 is 11.3. The van der Waals surface area contributed by atoms with E-state index in [0.717, 1.165) is 44.6 Å². The van der Waals surface area contributed by atoms with Crippen LogP contribution in [0.1, 0.15) is 51.2 Å². The fourth-order valence-electron chi connectivity index (χ4n) is 2.43. The number of nitrogens with zero attached hydrogens (tertiary/aromatic N) is 1. The van der Waals surface area contributed by atoms with Gasteiger partial charge in [-0.15, -0.1) is 0 Å². The molecular formula is C21H35N3O2. The van der Waals surface area contributed by atoms with Gasteiger partial charge in [0.1, 0.15) is 0 Å². The Kier molecular flexibility index (Phi) is 9.50. The van der Waals surface area contributed by atoms with Crippen LogP contribution in [0.5, 0.6) is 0 Å². The van der Waals surface area contributed by atoms with Crippen molar-refractivity contribution in [3.8, 4) is 0 Å². The van der Waals surface area contributed by atoms with E-state index in [1.165, 1.54) is 24.0 Å². The van der Waals surface area contributed by atoms with Crippen LogP contribution in [0.3, 0.4) is 0 Å². The summed E-state index contributed by atoms with van der Waals surface area (Å²) in [6.45, 7) is 11.0. The van der Waals surface area contributed by atoms with E-state index in [1.54, 1.807) is 0 Å². The summed E-state index contributed by atoms with van der Waals surface area (Å²) in [5.74, 6) is 1.70. The van der Waals surface area contributed by atoms with Gasteiger partial charge in [-0.3, -0.25) is 0 Å². The first-order valence-corrected chi connectivity index (χ1v) is 9.96. The molecule has 5 heteroatoms. The number of hydrogen-bond acceptors (Lipinski definition) is 3. The van der Waals surface area contributed by atoms with Gasteiger partial charge in [-0.05, 0) is 57.1 Å². The van der Waals surface area contributed by atoms with E-state index in [4.69, 9.17) is 9.47 Å². The Morgan fingerprint density at radius 2 is 1.88 bits per heavy atom. The van der Waals surface area contributed by atoms with Gasteiger partial charge in [0.05, 0.1) is 19.3 Å². The highest BCUT2D eigenvalue weighted by Crippen LogP contribution is 2.28. The number of rotatable bonds is 12. The van der Waals surface area contributed by atoms with E-state index in [2.05, 4.69) is 60.7 Å². The molecular weight excluding hydrogens is 326 g/mol. The summed E-state index contributed by atoms with van der Waals surface area (Å²) >= 11 is 0. The lowest BCUT2D eigenvalue weighted by Crippen LogP contribution is -2.38. The lowest BCUT2D eigenvalue weighted by Gasteiger charge is -2.12. The highest BCUT2D eigenvalue weighted by molar-refractivity contribution is 5.79. The van der Waals surface area contributed by atoms with Crippen LogP contribution in [0.4, 0.5) is 0 Å². The highest BCUT2D eigenvalue weighted by Gasteiger charge is 2.20. The molecule has 0 unspecified atom stereocenters. The van der Waals surface area contributed by atoms with Crippen LogP contribution in [0.25, 0.3) is 0 Å². The van der Waals surface area contributed by atoms with E-state index >= 15 is 0 Å².